The zero-order valence-corrected chi connectivity index (χ0v) is 12.8. The van der Waals surface area contributed by atoms with Gasteiger partial charge in [-0.3, -0.25) is 0 Å². The van der Waals surface area contributed by atoms with Crippen molar-refractivity contribution in [1.29, 1.82) is 0 Å². The monoisotopic (exact) mass is 295 g/mol. The van der Waals surface area contributed by atoms with Crippen LogP contribution in [0.2, 0.25) is 0 Å². The van der Waals surface area contributed by atoms with E-state index >= 15 is 0 Å². The predicted molar refractivity (Wildman–Crippen MR) is 87.4 cm³/mol. The van der Waals surface area contributed by atoms with E-state index in [1.54, 1.807) is 11.3 Å². The standard InChI is InChI=1S/C17H17N3S/c1-11-8-16(20-15-5-3-2-4-14(11)15)17-19-13(10-21-17)9-18-12-6-7-12/h2-5,8,10,12,18H,6-7,9H2,1H3. The van der Waals surface area contributed by atoms with Crippen molar-refractivity contribution in [2.45, 2.75) is 32.4 Å². The molecule has 1 saturated carbocycles. The Balaban J connectivity index is 1.65. The van der Waals surface area contributed by atoms with Crippen LogP contribution in [0.15, 0.2) is 35.7 Å². The number of para-hydroxylation sites is 1. The second kappa shape index (κ2) is 5.20. The fourth-order valence-corrected chi connectivity index (χ4v) is 3.28. The van der Waals surface area contributed by atoms with Crippen LogP contribution in [0.3, 0.4) is 0 Å². The number of nitrogens with one attached hydrogen (secondary N) is 1. The lowest BCUT2D eigenvalue weighted by Gasteiger charge is -2.04. The molecule has 0 radical (unpaired) electrons. The van der Waals surface area contributed by atoms with Crippen LogP contribution < -0.4 is 5.32 Å². The minimum Gasteiger partial charge on any atom is -0.308 e. The van der Waals surface area contributed by atoms with Crippen LogP contribution in [0.25, 0.3) is 21.6 Å². The topological polar surface area (TPSA) is 37.8 Å². The molecule has 0 amide bonds. The van der Waals surface area contributed by atoms with E-state index in [0.717, 1.165) is 34.5 Å². The lowest BCUT2D eigenvalue weighted by atomic mass is 10.1. The van der Waals surface area contributed by atoms with Crippen molar-refractivity contribution in [3.63, 3.8) is 0 Å². The van der Waals surface area contributed by atoms with Crippen molar-refractivity contribution in [2.75, 3.05) is 0 Å². The Morgan fingerprint density at radius 2 is 2.10 bits per heavy atom. The first-order chi connectivity index (χ1) is 10.3. The van der Waals surface area contributed by atoms with E-state index < -0.39 is 0 Å². The molecule has 2 heterocycles. The van der Waals surface area contributed by atoms with Crippen LogP contribution in [-0.2, 0) is 6.54 Å². The van der Waals surface area contributed by atoms with Gasteiger partial charge in [0, 0.05) is 23.4 Å². The summed E-state index contributed by atoms with van der Waals surface area (Å²) in [5, 5.41) is 7.87. The first kappa shape index (κ1) is 12.9. The predicted octanol–water partition coefficient (Wildman–Crippen LogP) is 3.92. The fourth-order valence-electron chi connectivity index (χ4n) is 2.50. The highest BCUT2D eigenvalue weighted by atomic mass is 32.1. The largest absolute Gasteiger partial charge is 0.308 e. The molecule has 0 bridgehead atoms. The van der Waals surface area contributed by atoms with Gasteiger partial charge < -0.3 is 5.32 Å². The van der Waals surface area contributed by atoms with Gasteiger partial charge in [-0.05, 0) is 37.5 Å². The number of benzene rings is 1. The molecule has 0 saturated heterocycles. The van der Waals surface area contributed by atoms with Crippen molar-refractivity contribution in [2.24, 2.45) is 0 Å². The maximum atomic E-state index is 4.75. The SMILES string of the molecule is Cc1cc(-c2nc(CNC3CC3)cs2)nc2ccccc12. The number of aromatic nitrogens is 2. The molecule has 0 aliphatic heterocycles. The van der Waals surface area contributed by atoms with Crippen LogP contribution in [0.5, 0.6) is 0 Å². The number of pyridine rings is 1. The maximum Gasteiger partial charge on any atom is 0.142 e. The summed E-state index contributed by atoms with van der Waals surface area (Å²) >= 11 is 1.68. The number of aryl methyl sites for hydroxylation is 1. The molecular formula is C17H17N3S. The zero-order valence-electron chi connectivity index (χ0n) is 12.0. The molecule has 3 nitrogen and oxygen atoms in total. The molecule has 21 heavy (non-hydrogen) atoms. The van der Waals surface area contributed by atoms with Gasteiger partial charge in [0.2, 0.25) is 0 Å². The van der Waals surface area contributed by atoms with E-state index in [0.29, 0.717) is 0 Å². The number of thiazole rings is 1. The average Bonchev–Trinajstić information content (AvgIpc) is 3.21. The second-order valence-corrected chi connectivity index (χ2v) is 6.50. The highest BCUT2D eigenvalue weighted by molar-refractivity contribution is 7.13. The van der Waals surface area contributed by atoms with Gasteiger partial charge in [0.05, 0.1) is 16.9 Å². The van der Waals surface area contributed by atoms with Crippen LogP contribution in [-0.4, -0.2) is 16.0 Å². The molecule has 0 spiro atoms. The lowest BCUT2D eigenvalue weighted by Crippen LogP contribution is -2.15. The Morgan fingerprint density at radius 3 is 2.95 bits per heavy atom. The molecule has 3 aromatic rings. The van der Waals surface area contributed by atoms with Crippen LogP contribution in [0.1, 0.15) is 24.1 Å². The van der Waals surface area contributed by atoms with Crippen molar-refractivity contribution in [3.05, 3.63) is 47.0 Å². The molecule has 0 unspecified atom stereocenters. The quantitative estimate of drug-likeness (QED) is 0.793. The molecule has 1 aromatic carbocycles. The number of fused-ring (bicyclic) bond motifs is 1. The first-order valence-corrected chi connectivity index (χ1v) is 8.22. The number of nitrogens with zero attached hydrogens (tertiary/aromatic N) is 2. The van der Waals surface area contributed by atoms with Gasteiger partial charge in [-0.1, -0.05) is 18.2 Å². The third-order valence-electron chi connectivity index (χ3n) is 3.84. The van der Waals surface area contributed by atoms with E-state index in [-0.39, 0.29) is 0 Å². The molecule has 106 valence electrons. The van der Waals surface area contributed by atoms with Gasteiger partial charge in [-0.15, -0.1) is 11.3 Å². The normalized spacial score (nSPS) is 14.7. The van der Waals surface area contributed by atoms with Gasteiger partial charge in [0.25, 0.3) is 0 Å². The Kier molecular flexibility index (Phi) is 3.20. The Hall–Kier alpha value is -1.78. The van der Waals surface area contributed by atoms with Crippen LogP contribution >= 0.6 is 11.3 Å². The van der Waals surface area contributed by atoms with Gasteiger partial charge in [-0.2, -0.15) is 0 Å². The minimum absolute atomic E-state index is 0.719. The zero-order chi connectivity index (χ0) is 14.2. The minimum atomic E-state index is 0.719. The fraction of sp³-hybridized carbons (Fsp3) is 0.294. The van der Waals surface area contributed by atoms with Crippen LogP contribution in [0.4, 0.5) is 0 Å². The number of rotatable bonds is 4. The highest BCUT2D eigenvalue weighted by Crippen LogP contribution is 2.27. The Morgan fingerprint density at radius 1 is 1.24 bits per heavy atom. The third kappa shape index (κ3) is 2.69. The van der Waals surface area contributed by atoms with Crippen molar-refractivity contribution < 1.29 is 0 Å². The summed E-state index contributed by atoms with van der Waals surface area (Å²) in [6.07, 6.45) is 2.62. The molecular weight excluding hydrogens is 278 g/mol. The molecule has 0 atom stereocenters. The van der Waals surface area contributed by atoms with E-state index in [9.17, 15) is 0 Å². The number of hydrogen-bond donors (Lipinski definition) is 1. The highest BCUT2D eigenvalue weighted by Gasteiger charge is 2.20. The number of hydrogen-bond acceptors (Lipinski definition) is 4. The van der Waals surface area contributed by atoms with Crippen molar-refractivity contribution in [1.82, 2.24) is 15.3 Å². The van der Waals surface area contributed by atoms with Crippen molar-refractivity contribution in [3.8, 4) is 10.7 Å². The van der Waals surface area contributed by atoms with Gasteiger partial charge in [0.15, 0.2) is 0 Å². The summed E-state index contributed by atoms with van der Waals surface area (Å²) in [5.74, 6) is 0. The lowest BCUT2D eigenvalue weighted by molar-refractivity contribution is 0.678. The summed E-state index contributed by atoms with van der Waals surface area (Å²) < 4.78 is 0. The van der Waals surface area contributed by atoms with Crippen LogP contribution in [0, 0.1) is 6.92 Å². The second-order valence-electron chi connectivity index (χ2n) is 5.64. The Bertz CT molecular complexity index is 790. The van der Waals surface area contributed by atoms with E-state index in [1.807, 2.05) is 6.07 Å². The van der Waals surface area contributed by atoms with Crippen molar-refractivity contribution >= 4 is 22.2 Å². The first-order valence-electron chi connectivity index (χ1n) is 7.34. The van der Waals surface area contributed by atoms with E-state index in [2.05, 4.69) is 41.9 Å². The average molecular weight is 295 g/mol. The third-order valence-corrected chi connectivity index (χ3v) is 4.76. The molecule has 1 aliphatic carbocycles. The molecule has 4 heteroatoms. The summed E-state index contributed by atoms with van der Waals surface area (Å²) in [6, 6.07) is 11.1. The van der Waals surface area contributed by atoms with Gasteiger partial charge in [-0.25, -0.2) is 9.97 Å². The summed E-state index contributed by atoms with van der Waals surface area (Å²) in [6.45, 7) is 3.00. The molecule has 1 N–H and O–H groups in total. The smallest absolute Gasteiger partial charge is 0.142 e. The maximum absolute atomic E-state index is 4.75. The summed E-state index contributed by atoms with van der Waals surface area (Å²) in [5.41, 5.74) is 4.40. The molecule has 4 rings (SSSR count). The molecule has 1 fully saturated rings. The Labute approximate surface area is 128 Å². The van der Waals surface area contributed by atoms with Gasteiger partial charge in [0.1, 0.15) is 5.01 Å². The summed E-state index contributed by atoms with van der Waals surface area (Å²) in [4.78, 5) is 9.48. The molecule has 1 aliphatic rings. The molecule has 2 aromatic heterocycles. The van der Waals surface area contributed by atoms with E-state index in [1.165, 1.54) is 23.8 Å². The van der Waals surface area contributed by atoms with Gasteiger partial charge >= 0.3 is 0 Å². The summed E-state index contributed by atoms with van der Waals surface area (Å²) in [7, 11) is 0. The van der Waals surface area contributed by atoms with E-state index in [4.69, 9.17) is 9.97 Å².